The quantitative estimate of drug-likeness (QED) is 0.480. The highest BCUT2D eigenvalue weighted by Gasteiger charge is 2.06. The van der Waals surface area contributed by atoms with Gasteiger partial charge in [0, 0.05) is 18.7 Å². The molecule has 1 atom stereocenters. The van der Waals surface area contributed by atoms with Gasteiger partial charge in [0.2, 0.25) is 0 Å². The predicted octanol–water partition coefficient (Wildman–Crippen LogP) is 2.10. The van der Waals surface area contributed by atoms with Crippen LogP contribution in [0, 0.1) is 5.92 Å². The Labute approximate surface area is 96.8 Å². The fourth-order valence-electron chi connectivity index (χ4n) is 1.08. The highest BCUT2D eigenvalue weighted by atomic mass is 32.2. The molecule has 0 aliphatic rings. The third kappa shape index (κ3) is 5.54. The monoisotopic (exact) mass is 227 g/mol. The van der Waals surface area contributed by atoms with Crippen molar-refractivity contribution in [2.24, 2.45) is 16.8 Å². The van der Waals surface area contributed by atoms with E-state index in [1.54, 1.807) is 0 Å². The van der Waals surface area contributed by atoms with Gasteiger partial charge in [-0.15, -0.1) is 0 Å². The largest absolute Gasteiger partial charge is 0.399 e. The van der Waals surface area contributed by atoms with E-state index in [0.717, 1.165) is 29.1 Å². The van der Waals surface area contributed by atoms with E-state index >= 15 is 0 Å². The van der Waals surface area contributed by atoms with E-state index in [1.807, 2.05) is 20.0 Å². The van der Waals surface area contributed by atoms with Crippen LogP contribution < -0.4 is 16.2 Å². The van der Waals surface area contributed by atoms with Gasteiger partial charge in [0.25, 0.3) is 0 Å². The van der Waals surface area contributed by atoms with Crippen LogP contribution in [0.25, 0.3) is 0 Å². The molecule has 3 nitrogen and oxygen atoms in total. The van der Waals surface area contributed by atoms with Crippen molar-refractivity contribution in [1.82, 2.24) is 5.32 Å². The minimum Gasteiger partial charge on any atom is -0.399 e. The van der Waals surface area contributed by atoms with Gasteiger partial charge >= 0.3 is 0 Å². The Morgan fingerprint density at radius 3 is 2.60 bits per heavy atom. The zero-order valence-corrected chi connectivity index (χ0v) is 10.5. The van der Waals surface area contributed by atoms with E-state index in [0.29, 0.717) is 0 Å². The van der Waals surface area contributed by atoms with Crippen molar-refractivity contribution in [2.75, 3.05) is 7.05 Å². The number of hydrogen-bond acceptors (Lipinski definition) is 4. The number of nitrogens with one attached hydrogen (secondary N) is 1. The molecule has 0 spiro atoms. The van der Waals surface area contributed by atoms with E-state index < -0.39 is 0 Å². The molecule has 5 N–H and O–H groups in total. The van der Waals surface area contributed by atoms with Gasteiger partial charge in [-0.2, -0.15) is 0 Å². The Bertz CT molecular complexity index is 251. The van der Waals surface area contributed by atoms with Crippen molar-refractivity contribution in [3.63, 3.8) is 0 Å². The van der Waals surface area contributed by atoms with E-state index in [4.69, 9.17) is 10.9 Å². The molecular weight excluding hydrogens is 206 g/mol. The second kappa shape index (κ2) is 8.44. The van der Waals surface area contributed by atoms with Crippen LogP contribution in [0.4, 0.5) is 0 Å². The number of nitrogens with two attached hydrogens (primary N) is 2. The summed E-state index contributed by atoms with van der Waals surface area (Å²) in [6.45, 7) is 4.06. The van der Waals surface area contributed by atoms with Crippen molar-refractivity contribution < 1.29 is 0 Å². The fourth-order valence-corrected chi connectivity index (χ4v) is 1.52. The molecular formula is C11H21N3S. The van der Waals surface area contributed by atoms with Gasteiger partial charge in [0.05, 0.1) is 0 Å². The summed E-state index contributed by atoms with van der Waals surface area (Å²) in [4.78, 5) is 0. The Balaban J connectivity index is 4.36. The summed E-state index contributed by atoms with van der Waals surface area (Å²) in [6, 6.07) is 0. The smallest absolute Gasteiger partial charge is 0.103 e. The molecule has 0 aromatic rings. The number of rotatable bonds is 6. The molecule has 0 aromatic heterocycles. The topological polar surface area (TPSA) is 64.1 Å². The lowest BCUT2D eigenvalue weighted by Gasteiger charge is -2.12. The van der Waals surface area contributed by atoms with Crippen molar-refractivity contribution >= 4 is 11.9 Å². The van der Waals surface area contributed by atoms with Crippen LogP contribution in [-0.4, -0.2) is 7.05 Å². The fraction of sp³-hybridized carbons (Fsp3) is 0.455. The highest BCUT2D eigenvalue weighted by molar-refractivity contribution is 8.00. The predicted molar refractivity (Wildman–Crippen MR) is 69.8 cm³/mol. The third-order valence-corrected chi connectivity index (χ3v) is 2.71. The molecule has 86 valence electrons. The van der Waals surface area contributed by atoms with Gasteiger partial charge < -0.3 is 11.1 Å². The molecule has 0 bridgehead atoms. The van der Waals surface area contributed by atoms with Gasteiger partial charge in [-0.3, -0.25) is 5.14 Å². The molecule has 0 amide bonds. The average molecular weight is 227 g/mol. The van der Waals surface area contributed by atoms with Crippen LogP contribution >= 0.6 is 11.9 Å². The van der Waals surface area contributed by atoms with Gasteiger partial charge in [0.15, 0.2) is 0 Å². The highest BCUT2D eigenvalue weighted by Crippen LogP contribution is 2.15. The zero-order valence-electron chi connectivity index (χ0n) is 9.66. The maximum Gasteiger partial charge on any atom is 0.103 e. The molecule has 0 saturated heterocycles. The summed E-state index contributed by atoms with van der Waals surface area (Å²) in [5.41, 5.74) is 6.72. The van der Waals surface area contributed by atoms with Gasteiger partial charge in [-0.05, 0) is 25.3 Å². The molecule has 0 fully saturated rings. The number of allylic oxidation sites excluding steroid dienone is 4. The normalized spacial score (nSPS) is 15.7. The van der Waals surface area contributed by atoms with Crippen LogP contribution in [0.3, 0.4) is 0 Å². The van der Waals surface area contributed by atoms with Crippen LogP contribution in [0.2, 0.25) is 0 Å². The maximum atomic E-state index is 5.94. The Kier molecular flexibility index (Phi) is 7.95. The lowest BCUT2D eigenvalue weighted by Crippen LogP contribution is -2.17. The SMILES string of the molecule is C/C=C\C/C=C\C(C)/C(N)=C(\NC)SN. The first kappa shape index (κ1) is 14.1. The first-order chi connectivity index (χ1) is 7.17. The van der Waals surface area contributed by atoms with Crippen molar-refractivity contribution in [3.05, 3.63) is 35.0 Å². The van der Waals surface area contributed by atoms with Gasteiger partial charge in [0.1, 0.15) is 5.03 Å². The summed E-state index contributed by atoms with van der Waals surface area (Å²) >= 11 is 1.15. The molecule has 0 radical (unpaired) electrons. The zero-order chi connectivity index (χ0) is 11.7. The minimum atomic E-state index is 0.203. The molecule has 1 unspecified atom stereocenters. The molecule has 0 rings (SSSR count). The minimum absolute atomic E-state index is 0.203. The van der Waals surface area contributed by atoms with Crippen LogP contribution in [0.1, 0.15) is 20.3 Å². The second-order valence-electron chi connectivity index (χ2n) is 3.17. The van der Waals surface area contributed by atoms with E-state index in [9.17, 15) is 0 Å². The molecule has 0 saturated carbocycles. The summed E-state index contributed by atoms with van der Waals surface area (Å²) < 4.78 is 0. The lowest BCUT2D eigenvalue weighted by atomic mass is 10.1. The summed E-state index contributed by atoms with van der Waals surface area (Å²) in [6.07, 6.45) is 9.26. The lowest BCUT2D eigenvalue weighted by molar-refractivity contribution is 0.818. The Morgan fingerprint density at radius 2 is 2.13 bits per heavy atom. The van der Waals surface area contributed by atoms with E-state index in [-0.39, 0.29) is 5.92 Å². The van der Waals surface area contributed by atoms with Crippen molar-refractivity contribution in [2.45, 2.75) is 20.3 Å². The Hall–Kier alpha value is -0.870. The Morgan fingerprint density at radius 1 is 1.47 bits per heavy atom. The molecule has 0 aliphatic carbocycles. The van der Waals surface area contributed by atoms with Gasteiger partial charge in [-0.1, -0.05) is 31.2 Å². The van der Waals surface area contributed by atoms with Crippen LogP contribution in [0.15, 0.2) is 35.0 Å². The third-order valence-electron chi connectivity index (χ3n) is 2.03. The first-order valence-corrected chi connectivity index (χ1v) is 5.87. The number of hydrogen-bond donors (Lipinski definition) is 3. The van der Waals surface area contributed by atoms with Crippen molar-refractivity contribution in [1.29, 1.82) is 0 Å². The van der Waals surface area contributed by atoms with Crippen LogP contribution in [-0.2, 0) is 0 Å². The van der Waals surface area contributed by atoms with Gasteiger partial charge in [-0.25, -0.2) is 0 Å². The molecule has 4 heteroatoms. The van der Waals surface area contributed by atoms with E-state index in [2.05, 4.69) is 30.5 Å². The summed E-state index contributed by atoms with van der Waals surface area (Å²) in [5.74, 6) is 0.203. The molecule has 0 aliphatic heterocycles. The molecule has 15 heavy (non-hydrogen) atoms. The average Bonchev–Trinajstić information content (AvgIpc) is 2.25. The maximum absolute atomic E-state index is 5.94. The van der Waals surface area contributed by atoms with Crippen LogP contribution in [0.5, 0.6) is 0 Å². The van der Waals surface area contributed by atoms with E-state index in [1.165, 1.54) is 0 Å². The summed E-state index contributed by atoms with van der Waals surface area (Å²) in [5, 5.41) is 9.29. The second-order valence-corrected chi connectivity index (χ2v) is 3.82. The molecule has 0 heterocycles. The van der Waals surface area contributed by atoms with Crippen molar-refractivity contribution in [3.8, 4) is 0 Å². The summed E-state index contributed by atoms with van der Waals surface area (Å²) in [7, 11) is 1.82. The standard InChI is InChI=1S/C11H21N3S/c1-4-5-6-7-8-9(2)10(12)11(14-3)15-13/h4-5,7-9,14H,6,12-13H2,1-3H3/b5-4-,8-7-,11-10-. The first-order valence-electron chi connectivity index (χ1n) is 4.99. The molecule has 0 aromatic carbocycles.